The van der Waals surface area contributed by atoms with Crippen LogP contribution in [0.15, 0.2) is 17.1 Å². The normalized spacial score (nSPS) is 14.7. The molecular weight excluding hydrogens is 202 g/mol. The standard InChI is InChI=1S/C9H10F2N4/c10-5-1-2-6(12)8(7(5)11)15-9-13-3-4-14-9/h1-2H,3-4,12H2,(H2,13,14,15). The zero-order valence-electron chi connectivity index (χ0n) is 7.85. The third-order valence-electron chi connectivity index (χ3n) is 2.04. The van der Waals surface area contributed by atoms with Gasteiger partial charge in [-0.1, -0.05) is 0 Å². The van der Waals surface area contributed by atoms with Crippen molar-refractivity contribution >= 4 is 17.3 Å². The summed E-state index contributed by atoms with van der Waals surface area (Å²) in [6, 6.07) is 2.29. The predicted octanol–water partition coefficient (Wildman–Crippen LogP) is 0.918. The van der Waals surface area contributed by atoms with E-state index in [9.17, 15) is 8.78 Å². The lowest BCUT2D eigenvalue weighted by molar-refractivity contribution is 0.512. The Hall–Kier alpha value is -1.85. The van der Waals surface area contributed by atoms with Crippen molar-refractivity contribution in [2.75, 3.05) is 24.1 Å². The molecule has 1 aromatic carbocycles. The zero-order chi connectivity index (χ0) is 10.8. The fourth-order valence-corrected chi connectivity index (χ4v) is 1.29. The highest BCUT2D eigenvalue weighted by Crippen LogP contribution is 2.24. The topological polar surface area (TPSA) is 62.4 Å². The monoisotopic (exact) mass is 212 g/mol. The molecule has 4 nitrogen and oxygen atoms in total. The Morgan fingerprint density at radius 2 is 2.20 bits per heavy atom. The van der Waals surface area contributed by atoms with Crippen LogP contribution >= 0.6 is 0 Å². The van der Waals surface area contributed by atoms with Crippen LogP contribution in [-0.2, 0) is 0 Å². The van der Waals surface area contributed by atoms with E-state index in [1.165, 1.54) is 6.07 Å². The van der Waals surface area contributed by atoms with E-state index in [1.807, 2.05) is 0 Å². The van der Waals surface area contributed by atoms with Crippen LogP contribution in [0.25, 0.3) is 0 Å². The van der Waals surface area contributed by atoms with Gasteiger partial charge in [-0.05, 0) is 12.1 Å². The Morgan fingerprint density at radius 3 is 2.87 bits per heavy atom. The predicted molar refractivity (Wildman–Crippen MR) is 54.7 cm³/mol. The van der Waals surface area contributed by atoms with Crippen LogP contribution in [-0.4, -0.2) is 19.0 Å². The number of nitrogen functional groups attached to an aromatic ring is 1. The van der Waals surface area contributed by atoms with Crippen molar-refractivity contribution in [3.8, 4) is 0 Å². The molecule has 0 aromatic heterocycles. The number of benzene rings is 1. The van der Waals surface area contributed by atoms with Crippen molar-refractivity contribution in [2.45, 2.75) is 0 Å². The van der Waals surface area contributed by atoms with Crippen LogP contribution in [0.4, 0.5) is 20.2 Å². The third-order valence-corrected chi connectivity index (χ3v) is 2.04. The first-order valence-electron chi connectivity index (χ1n) is 4.47. The van der Waals surface area contributed by atoms with Crippen molar-refractivity contribution in [3.63, 3.8) is 0 Å². The lowest BCUT2D eigenvalue weighted by Crippen LogP contribution is -2.27. The average Bonchev–Trinajstić information content (AvgIpc) is 2.71. The van der Waals surface area contributed by atoms with E-state index in [2.05, 4.69) is 15.6 Å². The summed E-state index contributed by atoms with van der Waals surface area (Å²) in [6.07, 6.45) is 0. The number of nitrogens with two attached hydrogens (primary N) is 1. The highest BCUT2D eigenvalue weighted by atomic mass is 19.2. The maximum absolute atomic E-state index is 13.3. The number of rotatable bonds is 1. The van der Waals surface area contributed by atoms with E-state index in [1.54, 1.807) is 0 Å². The molecule has 0 unspecified atom stereocenters. The molecule has 80 valence electrons. The van der Waals surface area contributed by atoms with Crippen molar-refractivity contribution in [1.82, 2.24) is 5.32 Å². The number of hydrogen-bond acceptors (Lipinski definition) is 4. The number of aliphatic imine (C=N–C) groups is 1. The molecule has 0 fully saturated rings. The summed E-state index contributed by atoms with van der Waals surface area (Å²) in [5, 5.41) is 5.49. The second kappa shape index (κ2) is 3.72. The lowest BCUT2D eigenvalue weighted by Gasteiger charge is -2.10. The van der Waals surface area contributed by atoms with Crippen molar-refractivity contribution in [3.05, 3.63) is 23.8 Å². The largest absolute Gasteiger partial charge is 0.397 e. The molecule has 0 spiro atoms. The number of nitrogens with zero attached hydrogens (tertiary/aromatic N) is 1. The van der Waals surface area contributed by atoms with E-state index < -0.39 is 11.6 Å². The van der Waals surface area contributed by atoms with Gasteiger partial charge in [0.25, 0.3) is 0 Å². The summed E-state index contributed by atoms with van der Waals surface area (Å²) in [4.78, 5) is 3.99. The Labute approximate surface area is 85.2 Å². The van der Waals surface area contributed by atoms with Gasteiger partial charge in [-0.25, -0.2) is 8.78 Å². The van der Waals surface area contributed by atoms with E-state index in [-0.39, 0.29) is 11.4 Å². The molecule has 0 bridgehead atoms. The van der Waals surface area contributed by atoms with Crippen LogP contribution in [0.1, 0.15) is 0 Å². The molecule has 0 atom stereocenters. The maximum atomic E-state index is 13.3. The third kappa shape index (κ3) is 1.83. The molecule has 1 heterocycles. The summed E-state index contributed by atoms with van der Waals surface area (Å²) < 4.78 is 26.2. The Morgan fingerprint density at radius 1 is 1.40 bits per heavy atom. The SMILES string of the molecule is Nc1ccc(F)c(F)c1NC1=NCCN1. The first-order valence-corrected chi connectivity index (χ1v) is 4.47. The lowest BCUT2D eigenvalue weighted by atomic mass is 10.2. The minimum absolute atomic E-state index is 0.0804. The van der Waals surface area contributed by atoms with Crippen LogP contribution < -0.4 is 16.4 Å². The number of guanidine groups is 1. The molecule has 2 rings (SSSR count). The van der Waals surface area contributed by atoms with Gasteiger partial charge in [-0.2, -0.15) is 0 Å². The number of nitrogens with one attached hydrogen (secondary N) is 2. The highest BCUT2D eigenvalue weighted by Gasteiger charge is 2.14. The van der Waals surface area contributed by atoms with Gasteiger partial charge in [0.05, 0.1) is 12.2 Å². The zero-order valence-corrected chi connectivity index (χ0v) is 7.85. The van der Waals surface area contributed by atoms with Gasteiger partial charge >= 0.3 is 0 Å². The van der Waals surface area contributed by atoms with Gasteiger partial charge in [-0.15, -0.1) is 0 Å². The summed E-state index contributed by atoms with van der Waals surface area (Å²) >= 11 is 0. The van der Waals surface area contributed by atoms with Gasteiger partial charge in [0.1, 0.15) is 5.69 Å². The smallest absolute Gasteiger partial charge is 0.196 e. The van der Waals surface area contributed by atoms with E-state index in [4.69, 9.17) is 5.73 Å². The van der Waals surface area contributed by atoms with E-state index >= 15 is 0 Å². The van der Waals surface area contributed by atoms with Crippen molar-refractivity contribution in [2.24, 2.45) is 4.99 Å². The molecule has 6 heteroatoms. The summed E-state index contributed by atoms with van der Waals surface area (Å²) in [7, 11) is 0. The van der Waals surface area contributed by atoms with Gasteiger partial charge in [0.2, 0.25) is 0 Å². The number of halogens is 2. The molecule has 15 heavy (non-hydrogen) atoms. The molecule has 0 saturated heterocycles. The fraction of sp³-hybridized carbons (Fsp3) is 0.222. The average molecular weight is 212 g/mol. The number of anilines is 2. The minimum atomic E-state index is -0.994. The first kappa shape index (κ1) is 9.70. The van der Waals surface area contributed by atoms with Crippen LogP contribution in [0, 0.1) is 11.6 Å². The van der Waals surface area contributed by atoms with Crippen LogP contribution in [0.5, 0.6) is 0 Å². The molecule has 0 saturated carbocycles. The molecule has 0 amide bonds. The fourth-order valence-electron chi connectivity index (χ4n) is 1.29. The first-order chi connectivity index (χ1) is 7.18. The molecule has 1 aliphatic rings. The second-order valence-corrected chi connectivity index (χ2v) is 3.11. The van der Waals surface area contributed by atoms with Crippen LogP contribution in [0.3, 0.4) is 0 Å². The summed E-state index contributed by atoms with van der Waals surface area (Å²) in [5.74, 6) is -1.53. The highest BCUT2D eigenvalue weighted by molar-refractivity contribution is 5.97. The second-order valence-electron chi connectivity index (χ2n) is 3.11. The van der Waals surface area contributed by atoms with Gasteiger partial charge in [0.15, 0.2) is 17.6 Å². The molecule has 0 aliphatic carbocycles. The van der Waals surface area contributed by atoms with Crippen LogP contribution in [0.2, 0.25) is 0 Å². The van der Waals surface area contributed by atoms with Gasteiger partial charge in [-0.3, -0.25) is 4.99 Å². The van der Waals surface area contributed by atoms with Crippen molar-refractivity contribution in [1.29, 1.82) is 0 Å². The molecule has 1 aliphatic heterocycles. The summed E-state index contributed by atoms with van der Waals surface area (Å²) in [5.41, 5.74) is 5.58. The Bertz CT molecular complexity index is 417. The molecule has 0 radical (unpaired) electrons. The van der Waals surface area contributed by atoms with Crippen molar-refractivity contribution < 1.29 is 8.78 Å². The quantitative estimate of drug-likeness (QED) is 0.606. The Balaban J connectivity index is 2.30. The molecular formula is C9H10F2N4. The number of hydrogen-bond donors (Lipinski definition) is 3. The maximum Gasteiger partial charge on any atom is 0.196 e. The van der Waals surface area contributed by atoms with E-state index in [0.717, 1.165) is 6.07 Å². The minimum Gasteiger partial charge on any atom is -0.397 e. The van der Waals surface area contributed by atoms with Gasteiger partial charge < -0.3 is 16.4 Å². The molecule has 1 aromatic rings. The van der Waals surface area contributed by atoms with E-state index in [0.29, 0.717) is 19.0 Å². The Kier molecular flexibility index (Phi) is 2.40. The summed E-state index contributed by atoms with van der Waals surface area (Å²) in [6.45, 7) is 1.29. The molecule has 4 N–H and O–H groups in total. The van der Waals surface area contributed by atoms with Gasteiger partial charge in [0, 0.05) is 6.54 Å².